The van der Waals surface area contributed by atoms with Gasteiger partial charge in [0.1, 0.15) is 5.82 Å². The van der Waals surface area contributed by atoms with Gasteiger partial charge in [0.2, 0.25) is 0 Å². The van der Waals surface area contributed by atoms with E-state index in [0.717, 1.165) is 12.8 Å². The molecule has 1 saturated carbocycles. The highest BCUT2D eigenvalue weighted by molar-refractivity contribution is 5.23. The predicted octanol–water partition coefficient (Wildman–Crippen LogP) is 1.97. The minimum absolute atomic E-state index is 0.178. The van der Waals surface area contributed by atoms with E-state index in [9.17, 15) is 9.50 Å². The molecule has 20 heavy (non-hydrogen) atoms. The topological polar surface area (TPSA) is 35.5 Å². The van der Waals surface area contributed by atoms with Crippen LogP contribution in [0.1, 0.15) is 31.2 Å². The molecule has 0 amide bonds. The fourth-order valence-corrected chi connectivity index (χ4v) is 2.89. The van der Waals surface area contributed by atoms with Gasteiger partial charge in [-0.05, 0) is 57.5 Å². The van der Waals surface area contributed by atoms with Gasteiger partial charge in [-0.2, -0.15) is 0 Å². The number of halogens is 1. The van der Waals surface area contributed by atoms with Crippen LogP contribution in [-0.4, -0.2) is 48.8 Å². The third-order valence-electron chi connectivity index (χ3n) is 3.91. The fraction of sp³-hybridized carbons (Fsp3) is 0.625. The number of aliphatic hydroxyl groups is 1. The van der Waals surface area contributed by atoms with Crippen molar-refractivity contribution in [3.8, 4) is 0 Å². The van der Waals surface area contributed by atoms with Gasteiger partial charge >= 0.3 is 0 Å². The molecule has 112 valence electrons. The molecule has 1 fully saturated rings. The Balaban J connectivity index is 1.73. The number of rotatable bonds is 6. The summed E-state index contributed by atoms with van der Waals surface area (Å²) < 4.78 is 12.9. The lowest BCUT2D eigenvalue weighted by Gasteiger charge is -2.38. The molecule has 2 rings (SSSR count). The van der Waals surface area contributed by atoms with E-state index in [-0.39, 0.29) is 5.82 Å². The fourth-order valence-electron chi connectivity index (χ4n) is 2.89. The highest BCUT2D eigenvalue weighted by atomic mass is 19.1. The smallest absolute Gasteiger partial charge is 0.123 e. The van der Waals surface area contributed by atoms with Crippen LogP contribution in [0, 0.1) is 5.82 Å². The Bertz CT molecular complexity index is 425. The van der Waals surface area contributed by atoms with Crippen LogP contribution in [0.25, 0.3) is 0 Å². The maximum atomic E-state index is 12.9. The van der Waals surface area contributed by atoms with Crippen molar-refractivity contribution in [3.63, 3.8) is 0 Å². The minimum Gasteiger partial charge on any atom is -0.388 e. The van der Waals surface area contributed by atoms with Gasteiger partial charge < -0.3 is 15.3 Å². The second kappa shape index (κ2) is 6.20. The summed E-state index contributed by atoms with van der Waals surface area (Å²) in [7, 11) is 3.92. The van der Waals surface area contributed by atoms with Crippen LogP contribution >= 0.6 is 0 Å². The lowest BCUT2D eigenvalue weighted by Crippen LogP contribution is -2.50. The van der Waals surface area contributed by atoms with Gasteiger partial charge in [-0.15, -0.1) is 0 Å². The molecule has 1 aliphatic carbocycles. The van der Waals surface area contributed by atoms with Gasteiger partial charge in [0, 0.05) is 19.1 Å². The summed E-state index contributed by atoms with van der Waals surface area (Å²) in [6, 6.07) is 7.26. The number of nitrogens with zero attached hydrogens (tertiary/aromatic N) is 1. The molecule has 1 aromatic rings. The first-order valence-corrected chi connectivity index (χ1v) is 7.22. The molecule has 0 aromatic heterocycles. The first kappa shape index (κ1) is 15.4. The van der Waals surface area contributed by atoms with Crippen molar-refractivity contribution >= 4 is 0 Å². The van der Waals surface area contributed by atoms with Crippen molar-refractivity contribution in [3.05, 3.63) is 35.6 Å². The van der Waals surface area contributed by atoms with Crippen LogP contribution < -0.4 is 5.32 Å². The molecule has 2 N–H and O–H groups in total. The molecule has 0 bridgehead atoms. The SMILES string of the molecule is CN(C)CC(C)(O)CNC1CC(c2ccc(F)cc2)C1. The van der Waals surface area contributed by atoms with Crippen molar-refractivity contribution in [2.45, 2.75) is 37.3 Å². The maximum Gasteiger partial charge on any atom is 0.123 e. The number of benzene rings is 1. The zero-order chi connectivity index (χ0) is 14.8. The monoisotopic (exact) mass is 280 g/mol. The van der Waals surface area contributed by atoms with E-state index in [1.165, 1.54) is 17.7 Å². The summed E-state index contributed by atoms with van der Waals surface area (Å²) in [5.41, 5.74) is 0.509. The van der Waals surface area contributed by atoms with Crippen molar-refractivity contribution in [2.24, 2.45) is 0 Å². The molecule has 1 aromatic carbocycles. The van der Waals surface area contributed by atoms with E-state index < -0.39 is 5.60 Å². The molecule has 1 unspecified atom stereocenters. The summed E-state index contributed by atoms with van der Waals surface area (Å²) in [6.45, 7) is 3.11. The number of likely N-dealkylation sites (N-methyl/N-ethyl adjacent to an activating group) is 1. The molecule has 1 atom stereocenters. The van der Waals surface area contributed by atoms with Crippen molar-refractivity contribution < 1.29 is 9.50 Å². The lowest BCUT2D eigenvalue weighted by atomic mass is 9.75. The largest absolute Gasteiger partial charge is 0.388 e. The zero-order valence-electron chi connectivity index (χ0n) is 12.6. The van der Waals surface area contributed by atoms with Crippen LogP contribution in [0.3, 0.4) is 0 Å². The maximum absolute atomic E-state index is 12.9. The van der Waals surface area contributed by atoms with E-state index >= 15 is 0 Å². The predicted molar refractivity (Wildman–Crippen MR) is 79.3 cm³/mol. The summed E-state index contributed by atoms with van der Waals surface area (Å²) in [5, 5.41) is 13.6. The second-order valence-corrected chi connectivity index (χ2v) is 6.53. The molecule has 1 aliphatic rings. The molecule has 0 heterocycles. The Hall–Kier alpha value is -0.970. The summed E-state index contributed by atoms with van der Waals surface area (Å²) >= 11 is 0. The normalized spacial score (nSPS) is 25.3. The van der Waals surface area contributed by atoms with Crippen molar-refractivity contribution in [2.75, 3.05) is 27.2 Å². The van der Waals surface area contributed by atoms with Gasteiger partial charge in [0.15, 0.2) is 0 Å². The van der Waals surface area contributed by atoms with Gasteiger partial charge in [-0.1, -0.05) is 12.1 Å². The first-order chi connectivity index (χ1) is 9.35. The average Bonchev–Trinajstić information content (AvgIpc) is 2.27. The van der Waals surface area contributed by atoms with E-state index in [2.05, 4.69) is 5.32 Å². The van der Waals surface area contributed by atoms with Crippen LogP contribution in [0.4, 0.5) is 4.39 Å². The Morgan fingerprint density at radius 2 is 1.90 bits per heavy atom. The first-order valence-electron chi connectivity index (χ1n) is 7.22. The summed E-state index contributed by atoms with van der Waals surface area (Å²) in [4.78, 5) is 1.99. The average molecular weight is 280 g/mol. The van der Waals surface area contributed by atoms with E-state index in [1.807, 2.05) is 38.1 Å². The Labute approximate surface area is 120 Å². The van der Waals surface area contributed by atoms with Crippen LogP contribution in [-0.2, 0) is 0 Å². The highest BCUT2D eigenvalue weighted by Gasteiger charge is 2.32. The lowest BCUT2D eigenvalue weighted by molar-refractivity contribution is 0.0277. The number of hydrogen-bond donors (Lipinski definition) is 2. The van der Waals surface area contributed by atoms with Crippen molar-refractivity contribution in [1.82, 2.24) is 10.2 Å². The molecular weight excluding hydrogens is 255 g/mol. The molecule has 0 aliphatic heterocycles. The van der Waals surface area contributed by atoms with Gasteiger partial charge in [-0.3, -0.25) is 0 Å². The van der Waals surface area contributed by atoms with Gasteiger partial charge in [0.05, 0.1) is 5.60 Å². The van der Waals surface area contributed by atoms with Crippen LogP contribution in [0.2, 0.25) is 0 Å². The van der Waals surface area contributed by atoms with Crippen molar-refractivity contribution in [1.29, 1.82) is 0 Å². The third-order valence-corrected chi connectivity index (χ3v) is 3.91. The highest BCUT2D eigenvalue weighted by Crippen LogP contribution is 2.36. The van der Waals surface area contributed by atoms with Gasteiger partial charge in [-0.25, -0.2) is 4.39 Å². The summed E-state index contributed by atoms with van der Waals surface area (Å²) in [6.07, 6.45) is 2.12. The second-order valence-electron chi connectivity index (χ2n) is 6.53. The molecular formula is C16H25FN2O. The summed E-state index contributed by atoms with van der Waals surface area (Å²) in [5.74, 6) is 0.342. The molecule has 0 saturated heterocycles. The van der Waals surface area contributed by atoms with Crippen LogP contribution in [0.15, 0.2) is 24.3 Å². The zero-order valence-corrected chi connectivity index (χ0v) is 12.6. The molecule has 3 nitrogen and oxygen atoms in total. The van der Waals surface area contributed by atoms with E-state index in [1.54, 1.807) is 0 Å². The Morgan fingerprint density at radius 1 is 1.30 bits per heavy atom. The van der Waals surface area contributed by atoms with E-state index in [4.69, 9.17) is 0 Å². The van der Waals surface area contributed by atoms with Gasteiger partial charge in [0.25, 0.3) is 0 Å². The molecule has 0 radical (unpaired) electrons. The van der Waals surface area contributed by atoms with E-state index in [0.29, 0.717) is 25.0 Å². The van der Waals surface area contributed by atoms with Crippen LogP contribution in [0.5, 0.6) is 0 Å². The quantitative estimate of drug-likeness (QED) is 0.836. The Morgan fingerprint density at radius 3 is 2.45 bits per heavy atom. The molecule has 0 spiro atoms. The number of hydrogen-bond acceptors (Lipinski definition) is 3. The molecule has 4 heteroatoms. The third kappa shape index (κ3) is 4.27. The standard InChI is InChI=1S/C16H25FN2O/c1-16(20,11-19(2)3)10-18-15-8-13(9-15)12-4-6-14(17)7-5-12/h4-7,13,15,18,20H,8-11H2,1-3H3. The number of nitrogens with one attached hydrogen (secondary N) is 1. The minimum atomic E-state index is -0.704. The Kier molecular flexibility index (Phi) is 4.78.